The third-order valence-electron chi connectivity index (χ3n) is 6.43. The quantitative estimate of drug-likeness (QED) is 0.581. The number of amides is 3. The maximum absolute atomic E-state index is 13.5. The number of benzene rings is 1. The van der Waals surface area contributed by atoms with E-state index in [9.17, 15) is 18.8 Å². The van der Waals surface area contributed by atoms with E-state index in [1.807, 2.05) is 23.9 Å². The highest BCUT2D eigenvalue weighted by Gasteiger charge is 2.32. The van der Waals surface area contributed by atoms with Crippen LogP contribution in [0.15, 0.2) is 30.5 Å². The van der Waals surface area contributed by atoms with Crippen LogP contribution in [0.5, 0.6) is 0 Å². The van der Waals surface area contributed by atoms with Crippen molar-refractivity contribution in [1.82, 2.24) is 19.8 Å². The van der Waals surface area contributed by atoms with E-state index in [-0.39, 0.29) is 55.4 Å². The molecule has 1 atom stereocenters. The molecular formula is C25H30FN5O3. The van der Waals surface area contributed by atoms with Gasteiger partial charge in [-0.2, -0.15) is 0 Å². The molecule has 8 nitrogen and oxygen atoms in total. The fraction of sp³-hybridized carbons (Fsp3) is 0.480. The fourth-order valence-corrected chi connectivity index (χ4v) is 4.63. The van der Waals surface area contributed by atoms with E-state index < -0.39 is 0 Å². The topological polar surface area (TPSA) is 86.7 Å². The molecule has 0 radical (unpaired) electrons. The minimum Gasteiger partial charge on any atom is -0.347 e. The molecule has 0 spiro atoms. The van der Waals surface area contributed by atoms with E-state index >= 15 is 0 Å². The Morgan fingerprint density at radius 2 is 1.82 bits per heavy atom. The second kappa shape index (κ2) is 10.3. The smallest absolute Gasteiger partial charge is 0.229 e. The van der Waals surface area contributed by atoms with Gasteiger partial charge in [-0.25, -0.2) is 14.4 Å². The van der Waals surface area contributed by atoms with Crippen LogP contribution in [0, 0.1) is 5.82 Å². The lowest BCUT2D eigenvalue weighted by Gasteiger charge is -2.36. The van der Waals surface area contributed by atoms with Gasteiger partial charge in [0.1, 0.15) is 5.82 Å². The number of imide groups is 1. The maximum Gasteiger partial charge on any atom is 0.229 e. The largest absolute Gasteiger partial charge is 0.347 e. The molecule has 2 aliphatic rings. The first-order chi connectivity index (χ1) is 16.3. The molecule has 0 bridgehead atoms. The Morgan fingerprint density at radius 3 is 2.50 bits per heavy atom. The molecule has 4 rings (SSSR count). The Kier molecular flexibility index (Phi) is 7.19. The Bertz CT molecular complexity index is 1060. The van der Waals surface area contributed by atoms with Gasteiger partial charge in [0.05, 0.1) is 11.7 Å². The summed E-state index contributed by atoms with van der Waals surface area (Å²) in [6.07, 6.45) is 5.60. The van der Waals surface area contributed by atoms with Gasteiger partial charge in [0.2, 0.25) is 23.7 Å². The lowest BCUT2D eigenvalue weighted by molar-refractivity contribution is -0.140. The third kappa shape index (κ3) is 5.08. The number of likely N-dealkylation sites (tertiary alicyclic amines) is 2. The lowest BCUT2D eigenvalue weighted by Crippen LogP contribution is -2.39. The molecule has 0 N–H and O–H groups in total. The van der Waals surface area contributed by atoms with Crippen LogP contribution in [-0.2, 0) is 14.4 Å². The Labute approximate surface area is 198 Å². The number of piperidine rings is 1. The molecular weight excluding hydrogens is 437 g/mol. The predicted octanol–water partition coefficient (Wildman–Crippen LogP) is 3.33. The average molecular weight is 468 g/mol. The summed E-state index contributed by atoms with van der Waals surface area (Å²) in [5.74, 6) is -0.104. The summed E-state index contributed by atoms with van der Waals surface area (Å²) < 4.78 is 13.5. The van der Waals surface area contributed by atoms with Crippen molar-refractivity contribution in [3.8, 4) is 11.1 Å². The van der Waals surface area contributed by atoms with E-state index in [1.165, 1.54) is 17.0 Å². The van der Waals surface area contributed by atoms with Crippen LogP contribution in [0.2, 0.25) is 0 Å². The molecule has 3 amide bonds. The molecule has 3 heterocycles. The summed E-state index contributed by atoms with van der Waals surface area (Å²) >= 11 is 0. The number of hydrogen-bond donors (Lipinski definition) is 0. The van der Waals surface area contributed by atoms with Crippen LogP contribution in [0.1, 0.15) is 56.7 Å². The minimum atomic E-state index is -0.319. The van der Waals surface area contributed by atoms with Crippen molar-refractivity contribution in [3.05, 3.63) is 42.0 Å². The summed E-state index contributed by atoms with van der Waals surface area (Å²) in [6.45, 7) is 0.899. The van der Waals surface area contributed by atoms with Crippen LogP contribution in [0.4, 0.5) is 10.3 Å². The molecule has 34 heavy (non-hydrogen) atoms. The predicted molar refractivity (Wildman–Crippen MR) is 125 cm³/mol. The number of rotatable bonds is 7. The van der Waals surface area contributed by atoms with Crippen LogP contribution in [-0.4, -0.2) is 64.7 Å². The molecule has 2 fully saturated rings. The van der Waals surface area contributed by atoms with Crippen molar-refractivity contribution < 1.29 is 18.8 Å². The number of nitrogens with zero attached hydrogens (tertiary/aromatic N) is 5. The van der Waals surface area contributed by atoms with Gasteiger partial charge < -0.3 is 9.80 Å². The monoisotopic (exact) mass is 467 g/mol. The van der Waals surface area contributed by atoms with Gasteiger partial charge in [-0.15, -0.1) is 0 Å². The molecule has 2 saturated heterocycles. The van der Waals surface area contributed by atoms with Gasteiger partial charge >= 0.3 is 0 Å². The molecule has 1 aromatic carbocycles. The first kappa shape index (κ1) is 23.8. The van der Waals surface area contributed by atoms with Gasteiger partial charge in [-0.1, -0.05) is 12.1 Å². The second-order valence-electron chi connectivity index (χ2n) is 9.01. The molecule has 0 saturated carbocycles. The van der Waals surface area contributed by atoms with E-state index in [0.717, 1.165) is 36.1 Å². The zero-order chi connectivity index (χ0) is 24.2. The van der Waals surface area contributed by atoms with Gasteiger partial charge in [-0.3, -0.25) is 19.3 Å². The van der Waals surface area contributed by atoms with Crippen molar-refractivity contribution in [1.29, 1.82) is 0 Å². The molecule has 1 aromatic heterocycles. The second-order valence-corrected chi connectivity index (χ2v) is 9.01. The Hall–Kier alpha value is -3.36. The van der Waals surface area contributed by atoms with Crippen LogP contribution >= 0.6 is 0 Å². The number of carbonyl (C=O) groups excluding carboxylic acids is 3. The van der Waals surface area contributed by atoms with Crippen molar-refractivity contribution in [3.63, 3.8) is 0 Å². The molecule has 0 unspecified atom stereocenters. The number of halogens is 1. The van der Waals surface area contributed by atoms with Crippen LogP contribution in [0.3, 0.4) is 0 Å². The number of hydrogen-bond acceptors (Lipinski definition) is 6. The third-order valence-corrected chi connectivity index (χ3v) is 6.43. The van der Waals surface area contributed by atoms with E-state index in [0.29, 0.717) is 18.9 Å². The summed E-state index contributed by atoms with van der Waals surface area (Å²) in [4.78, 5) is 51.2. The van der Waals surface area contributed by atoms with Gasteiger partial charge in [0.25, 0.3) is 0 Å². The summed E-state index contributed by atoms with van der Waals surface area (Å²) in [6, 6.07) is 5.99. The van der Waals surface area contributed by atoms with Crippen molar-refractivity contribution in [2.45, 2.75) is 51.0 Å². The normalized spacial score (nSPS) is 18.5. The van der Waals surface area contributed by atoms with E-state index in [1.54, 1.807) is 18.3 Å². The standard InChI is InChI=1S/C25H30FN5O3/c1-29(2)25-27-16-19(17-8-10-18(26)11-9-17)24(28-25)20-6-3-4-14-30(20)21(32)7-5-15-31-22(33)12-13-23(31)34/h8-11,16,20H,3-7,12-15H2,1-2H3/t20-/m1/s1. The first-order valence-corrected chi connectivity index (χ1v) is 11.8. The zero-order valence-corrected chi connectivity index (χ0v) is 19.7. The minimum absolute atomic E-state index is 0.0149. The lowest BCUT2D eigenvalue weighted by atomic mass is 9.93. The molecule has 9 heteroatoms. The highest BCUT2D eigenvalue weighted by atomic mass is 19.1. The fourth-order valence-electron chi connectivity index (χ4n) is 4.63. The average Bonchev–Trinajstić information content (AvgIpc) is 3.16. The van der Waals surface area contributed by atoms with Crippen molar-refractivity contribution in [2.24, 2.45) is 0 Å². The van der Waals surface area contributed by atoms with Gasteiger partial charge in [0.15, 0.2) is 0 Å². The zero-order valence-electron chi connectivity index (χ0n) is 19.7. The number of aromatic nitrogens is 2. The maximum atomic E-state index is 13.5. The number of anilines is 1. The van der Waals surface area contributed by atoms with Gasteiger partial charge in [-0.05, 0) is 43.4 Å². The van der Waals surface area contributed by atoms with Crippen molar-refractivity contribution in [2.75, 3.05) is 32.1 Å². The van der Waals surface area contributed by atoms with Crippen LogP contribution in [0.25, 0.3) is 11.1 Å². The highest BCUT2D eigenvalue weighted by molar-refractivity contribution is 6.01. The molecule has 2 aliphatic heterocycles. The van der Waals surface area contributed by atoms with Crippen molar-refractivity contribution >= 4 is 23.7 Å². The van der Waals surface area contributed by atoms with Gasteiger partial charge in [0, 0.05) is 58.2 Å². The molecule has 180 valence electrons. The first-order valence-electron chi connectivity index (χ1n) is 11.8. The molecule has 2 aromatic rings. The summed E-state index contributed by atoms with van der Waals surface area (Å²) in [5.41, 5.74) is 2.33. The Balaban J connectivity index is 1.57. The molecule has 0 aliphatic carbocycles. The Morgan fingerprint density at radius 1 is 1.12 bits per heavy atom. The number of carbonyl (C=O) groups is 3. The highest BCUT2D eigenvalue weighted by Crippen LogP contribution is 2.37. The van der Waals surface area contributed by atoms with E-state index in [4.69, 9.17) is 4.98 Å². The van der Waals surface area contributed by atoms with Crippen LogP contribution < -0.4 is 4.90 Å². The SMILES string of the molecule is CN(C)c1ncc(-c2ccc(F)cc2)c([C@H]2CCCCN2C(=O)CCCN2C(=O)CCC2=O)n1. The van der Waals surface area contributed by atoms with E-state index in [2.05, 4.69) is 4.98 Å². The summed E-state index contributed by atoms with van der Waals surface area (Å²) in [7, 11) is 3.73. The summed E-state index contributed by atoms with van der Waals surface area (Å²) in [5, 5.41) is 0.